The number of aliphatic hydroxyl groups excluding tert-OH is 1. The van der Waals surface area contributed by atoms with Gasteiger partial charge in [-0.25, -0.2) is 4.98 Å². The van der Waals surface area contributed by atoms with Gasteiger partial charge in [0, 0.05) is 32.3 Å². The summed E-state index contributed by atoms with van der Waals surface area (Å²) >= 11 is 0. The molecule has 1 saturated heterocycles. The fraction of sp³-hybridized carbons (Fsp3) is 0.667. The van der Waals surface area contributed by atoms with Gasteiger partial charge in [-0.15, -0.1) is 0 Å². The molecule has 160 valence electrons. The summed E-state index contributed by atoms with van der Waals surface area (Å²) in [6, 6.07) is 4.15. The number of hydrogen-bond donors (Lipinski definition) is 4. The minimum absolute atomic E-state index is 0.00866. The van der Waals surface area contributed by atoms with Gasteiger partial charge in [-0.1, -0.05) is 19.3 Å². The molecule has 2 unspecified atom stereocenters. The summed E-state index contributed by atoms with van der Waals surface area (Å²) in [7, 11) is 1.73. The summed E-state index contributed by atoms with van der Waals surface area (Å²) in [6.07, 6.45) is 7.25. The second kappa shape index (κ2) is 10.1. The Bertz CT molecular complexity index is 720. The number of nitrogens with one attached hydrogen (secondary N) is 3. The SMILES string of the molecule is COC1CN(c2nc(CO)ccc2C(=O)NC(C)=N)CCC1NC1CCCCC1. The number of amides is 1. The third-order valence-electron chi connectivity index (χ3n) is 5.86. The first-order valence-corrected chi connectivity index (χ1v) is 10.5. The topological polar surface area (TPSA) is 111 Å². The van der Waals surface area contributed by atoms with Crippen molar-refractivity contribution in [2.45, 2.75) is 70.2 Å². The predicted octanol–water partition coefficient (Wildman–Crippen LogP) is 1.82. The van der Waals surface area contributed by atoms with Crippen molar-refractivity contribution in [2.75, 3.05) is 25.1 Å². The molecule has 1 amide bonds. The molecule has 4 N–H and O–H groups in total. The normalized spacial score (nSPS) is 23.1. The molecule has 1 aliphatic heterocycles. The number of rotatable bonds is 6. The molecule has 0 bridgehead atoms. The van der Waals surface area contributed by atoms with E-state index in [0.29, 0.717) is 29.7 Å². The van der Waals surface area contributed by atoms with Crippen LogP contribution in [0.1, 0.15) is 61.5 Å². The van der Waals surface area contributed by atoms with Crippen LogP contribution in [0.15, 0.2) is 12.1 Å². The second-order valence-electron chi connectivity index (χ2n) is 8.03. The fourth-order valence-electron chi connectivity index (χ4n) is 4.34. The molecular formula is C21H33N5O3. The van der Waals surface area contributed by atoms with Crippen LogP contribution in [0, 0.1) is 5.41 Å². The van der Waals surface area contributed by atoms with Crippen LogP contribution in [0.3, 0.4) is 0 Å². The fourth-order valence-corrected chi connectivity index (χ4v) is 4.34. The number of aromatic nitrogens is 1. The molecule has 2 aliphatic rings. The first-order chi connectivity index (χ1) is 14.0. The largest absolute Gasteiger partial charge is 0.390 e. The van der Waals surface area contributed by atoms with E-state index in [1.165, 1.54) is 39.0 Å². The Balaban J connectivity index is 1.76. The Morgan fingerprint density at radius 1 is 1.31 bits per heavy atom. The van der Waals surface area contributed by atoms with Crippen molar-refractivity contribution in [3.8, 4) is 0 Å². The van der Waals surface area contributed by atoms with Gasteiger partial charge in [-0.2, -0.15) is 0 Å². The molecule has 1 aliphatic carbocycles. The molecule has 29 heavy (non-hydrogen) atoms. The van der Waals surface area contributed by atoms with Crippen LogP contribution in [0.2, 0.25) is 0 Å². The molecule has 8 nitrogen and oxygen atoms in total. The number of piperidine rings is 1. The van der Waals surface area contributed by atoms with E-state index in [0.717, 1.165) is 13.0 Å². The number of pyridine rings is 1. The van der Waals surface area contributed by atoms with E-state index in [2.05, 4.69) is 20.5 Å². The monoisotopic (exact) mass is 403 g/mol. The molecule has 1 saturated carbocycles. The van der Waals surface area contributed by atoms with Gasteiger partial charge < -0.3 is 25.4 Å². The molecular weight excluding hydrogens is 370 g/mol. The van der Waals surface area contributed by atoms with E-state index in [4.69, 9.17) is 10.1 Å². The number of amidine groups is 1. The van der Waals surface area contributed by atoms with Gasteiger partial charge in [0.05, 0.1) is 29.8 Å². The second-order valence-corrected chi connectivity index (χ2v) is 8.03. The molecule has 1 aromatic heterocycles. The number of methoxy groups -OCH3 is 1. The Morgan fingerprint density at radius 3 is 2.72 bits per heavy atom. The first-order valence-electron chi connectivity index (χ1n) is 10.5. The molecule has 2 atom stereocenters. The van der Waals surface area contributed by atoms with E-state index in [9.17, 15) is 9.90 Å². The Morgan fingerprint density at radius 2 is 2.07 bits per heavy atom. The summed E-state index contributed by atoms with van der Waals surface area (Å²) < 4.78 is 5.80. The number of hydrogen-bond acceptors (Lipinski definition) is 7. The Hall–Kier alpha value is -2.03. The van der Waals surface area contributed by atoms with Crippen LogP contribution in [-0.2, 0) is 11.3 Å². The van der Waals surface area contributed by atoms with E-state index in [-0.39, 0.29) is 30.5 Å². The molecule has 1 aromatic rings. The smallest absolute Gasteiger partial charge is 0.260 e. The zero-order valence-corrected chi connectivity index (χ0v) is 17.4. The molecule has 8 heteroatoms. The van der Waals surface area contributed by atoms with Gasteiger partial charge in [0.2, 0.25) is 0 Å². The lowest BCUT2D eigenvalue weighted by Crippen LogP contribution is -2.56. The Labute approximate surface area is 172 Å². The van der Waals surface area contributed by atoms with Crippen LogP contribution in [0.5, 0.6) is 0 Å². The minimum Gasteiger partial charge on any atom is -0.390 e. The molecule has 0 aromatic carbocycles. The van der Waals surface area contributed by atoms with Crippen LogP contribution in [0.4, 0.5) is 5.82 Å². The summed E-state index contributed by atoms with van der Waals surface area (Å²) in [4.78, 5) is 19.1. The predicted molar refractivity (Wildman–Crippen MR) is 112 cm³/mol. The highest BCUT2D eigenvalue weighted by molar-refractivity contribution is 6.07. The van der Waals surface area contributed by atoms with Crippen molar-refractivity contribution < 1.29 is 14.6 Å². The summed E-state index contributed by atoms with van der Waals surface area (Å²) in [5.41, 5.74) is 0.918. The summed E-state index contributed by atoms with van der Waals surface area (Å²) in [5.74, 6) is 0.256. The highest BCUT2D eigenvalue weighted by atomic mass is 16.5. The minimum atomic E-state index is -0.360. The van der Waals surface area contributed by atoms with Crippen molar-refractivity contribution in [1.29, 1.82) is 5.41 Å². The van der Waals surface area contributed by atoms with E-state index in [1.54, 1.807) is 19.2 Å². The lowest BCUT2D eigenvalue weighted by Gasteiger charge is -2.41. The van der Waals surface area contributed by atoms with Crippen LogP contribution in [-0.4, -0.2) is 60.2 Å². The van der Waals surface area contributed by atoms with Gasteiger partial charge in [-0.3, -0.25) is 10.2 Å². The molecule has 0 radical (unpaired) electrons. The van der Waals surface area contributed by atoms with E-state index in [1.807, 2.05) is 0 Å². The van der Waals surface area contributed by atoms with Gasteiger partial charge in [0.15, 0.2) is 0 Å². The third-order valence-corrected chi connectivity index (χ3v) is 5.86. The van der Waals surface area contributed by atoms with Gasteiger partial charge in [-0.05, 0) is 38.3 Å². The van der Waals surface area contributed by atoms with Crippen LogP contribution < -0.4 is 15.5 Å². The van der Waals surface area contributed by atoms with Crippen molar-refractivity contribution >= 4 is 17.6 Å². The van der Waals surface area contributed by atoms with E-state index < -0.39 is 0 Å². The molecule has 0 spiro atoms. The highest BCUT2D eigenvalue weighted by Crippen LogP contribution is 2.26. The summed E-state index contributed by atoms with van der Waals surface area (Å²) in [5, 5.41) is 23.4. The number of ether oxygens (including phenoxy) is 1. The first kappa shape index (κ1) is 21.7. The highest BCUT2D eigenvalue weighted by Gasteiger charge is 2.33. The van der Waals surface area contributed by atoms with Crippen molar-refractivity contribution in [1.82, 2.24) is 15.6 Å². The Kier molecular flexibility index (Phi) is 7.57. The lowest BCUT2D eigenvalue weighted by molar-refractivity contribution is 0.0533. The van der Waals surface area contributed by atoms with Gasteiger partial charge in [0.1, 0.15) is 5.82 Å². The number of carbonyl (C=O) groups is 1. The zero-order chi connectivity index (χ0) is 20.8. The number of carbonyl (C=O) groups excluding carboxylic acids is 1. The maximum absolute atomic E-state index is 12.6. The van der Waals surface area contributed by atoms with E-state index >= 15 is 0 Å². The standard InChI is InChI=1S/C21H33N5O3/c1-14(22)23-21(28)17-9-8-16(13-27)25-20(17)26-11-10-18(19(12-26)29-2)24-15-6-4-3-5-7-15/h8-9,15,18-19,24,27H,3-7,10-13H2,1-2H3,(H2,22,23,28). The number of anilines is 1. The third kappa shape index (κ3) is 5.52. The van der Waals surface area contributed by atoms with Crippen molar-refractivity contribution in [3.63, 3.8) is 0 Å². The molecule has 2 fully saturated rings. The maximum atomic E-state index is 12.6. The van der Waals surface area contributed by atoms with Gasteiger partial charge in [0.25, 0.3) is 5.91 Å². The molecule has 2 heterocycles. The van der Waals surface area contributed by atoms with Gasteiger partial charge >= 0.3 is 0 Å². The quantitative estimate of drug-likeness (QED) is 0.426. The molecule has 3 rings (SSSR count). The average molecular weight is 404 g/mol. The van der Waals surface area contributed by atoms with Crippen molar-refractivity contribution in [2.24, 2.45) is 0 Å². The maximum Gasteiger partial charge on any atom is 0.260 e. The summed E-state index contributed by atoms with van der Waals surface area (Å²) in [6.45, 7) is 2.70. The zero-order valence-electron chi connectivity index (χ0n) is 17.4. The van der Waals surface area contributed by atoms with Crippen LogP contribution >= 0.6 is 0 Å². The number of nitrogens with zero attached hydrogens (tertiary/aromatic N) is 2. The van der Waals surface area contributed by atoms with Crippen molar-refractivity contribution in [3.05, 3.63) is 23.4 Å². The lowest BCUT2D eigenvalue weighted by atomic mass is 9.92. The number of aliphatic hydroxyl groups is 1. The average Bonchev–Trinajstić information content (AvgIpc) is 2.73. The van der Waals surface area contributed by atoms with Crippen LogP contribution in [0.25, 0.3) is 0 Å².